The molecule has 0 spiro atoms. The van der Waals surface area contributed by atoms with E-state index < -0.39 is 0 Å². The topological polar surface area (TPSA) is 74.1 Å². The molecule has 1 rings (SSSR count). The summed E-state index contributed by atoms with van der Waals surface area (Å²) in [6, 6.07) is 0.209. The smallest absolute Gasteiger partial charge is 0.176 e. The van der Waals surface area contributed by atoms with E-state index in [1.807, 2.05) is 0 Å². The molecule has 1 N–H and O–H groups in total. The first-order valence-electron chi connectivity index (χ1n) is 5.79. The summed E-state index contributed by atoms with van der Waals surface area (Å²) in [5.74, 6) is 0.730. The Labute approximate surface area is 101 Å². The molecule has 1 aromatic heterocycles. The largest absolute Gasteiger partial charge is 0.382 e. The van der Waals surface area contributed by atoms with Crippen molar-refractivity contribution in [1.29, 1.82) is 0 Å². The maximum absolute atomic E-state index is 5.50. The van der Waals surface area contributed by atoms with Gasteiger partial charge >= 0.3 is 0 Å². The molecule has 0 saturated carbocycles. The molecule has 0 fully saturated rings. The van der Waals surface area contributed by atoms with Crippen LogP contribution in [0.25, 0.3) is 0 Å². The monoisotopic (exact) mass is 243 g/mol. The zero-order valence-electron chi connectivity index (χ0n) is 10.7. The minimum atomic E-state index is 0.209. The molecule has 0 aromatic carbocycles. The van der Waals surface area contributed by atoms with Crippen LogP contribution in [0.4, 0.5) is 0 Å². The van der Waals surface area contributed by atoms with Gasteiger partial charge in [0.05, 0.1) is 26.9 Å². The number of hydrogen-bond acceptors (Lipinski definition) is 6. The number of ether oxygens (including phenoxy) is 2. The fraction of sp³-hybridized carbons (Fsp3) is 0.900. The van der Waals surface area contributed by atoms with Crippen LogP contribution in [-0.4, -0.2) is 59.7 Å². The lowest BCUT2D eigenvalue weighted by Gasteiger charge is -2.16. The van der Waals surface area contributed by atoms with E-state index in [0.717, 1.165) is 12.4 Å². The van der Waals surface area contributed by atoms with Crippen molar-refractivity contribution in [1.82, 2.24) is 25.5 Å². The lowest BCUT2D eigenvalue weighted by atomic mass is 10.2. The van der Waals surface area contributed by atoms with Crippen molar-refractivity contribution in [2.45, 2.75) is 19.4 Å². The van der Waals surface area contributed by atoms with Crippen molar-refractivity contribution < 1.29 is 9.47 Å². The summed E-state index contributed by atoms with van der Waals surface area (Å²) < 4.78 is 10.4. The average Bonchev–Trinajstić information content (AvgIpc) is 2.70. The molecule has 1 atom stereocenters. The van der Waals surface area contributed by atoms with Crippen molar-refractivity contribution in [3.63, 3.8) is 0 Å². The molecule has 0 radical (unpaired) electrons. The predicted octanol–water partition coefficient (Wildman–Crippen LogP) is -0.606. The number of rotatable bonds is 9. The molecular weight excluding hydrogens is 222 g/mol. The Morgan fingerprint density at radius 2 is 2.24 bits per heavy atom. The van der Waals surface area contributed by atoms with Crippen molar-refractivity contribution in [2.24, 2.45) is 7.05 Å². The van der Waals surface area contributed by atoms with E-state index in [9.17, 15) is 0 Å². The quantitative estimate of drug-likeness (QED) is 0.583. The fourth-order valence-corrected chi connectivity index (χ4v) is 1.47. The van der Waals surface area contributed by atoms with Gasteiger partial charge in [-0.1, -0.05) is 6.92 Å². The summed E-state index contributed by atoms with van der Waals surface area (Å²) in [6.45, 7) is 4.79. The van der Waals surface area contributed by atoms with E-state index >= 15 is 0 Å². The average molecular weight is 243 g/mol. The van der Waals surface area contributed by atoms with Gasteiger partial charge in [0.25, 0.3) is 0 Å². The molecule has 17 heavy (non-hydrogen) atoms. The summed E-state index contributed by atoms with van der Waals surface area (Å²) in [5.41, 5.74) is 0. The van der Waals surface area contributed by atoms with Crippen LogP contribution < -0.4 is 5.32 Å². The Bertz CT molecular complexity index is 305. The number of aryl methyl sites for hydroxylation is 1. The standard InChI is InChI=1S/C10H21N5O2/c1-4-11-9(8-17-6-5-16-3)7-10-12-14-15(2)13-10/h9,11H,4-8H2,1-3H3. The highest BCUT2D eigenvalue weighted by molar-refractivity contribution is 4.84. The Kier molecular flexibility index (Phi) is 6.68. The number of tetrazole rings is 1. The molecule has 0 aliphatic heterocycles. The molecule has 1 aromatic rings. The van der Waals surface area contributed by atoms with Crippen molar-refractivity contribution in [3.05, 3.63) is 5.82 Å². The molecule has 7 heteroatoms. The van der Waals surface area contributed by atoms with Gasteiger partial charge in [0, 0.05) is 19.6 Å². The second-order valence-electron chi connectivity index (χ2n) is 3.72. The van der Waals surface area contributed by atoms with Gasteiger partial charge < -0.3 is 14.8 Å². The van der Waals surface area contributed by atoms with Crippen molar-refractivity contribution in [3.8, 4) is 0 Å². The highest BCUT2D eigenvalue weighted by atomic mass is 16.5. The third kappa shape index (κ3) is 5.71. The van der Waals surface area contributed by atoms with Crippen LogP contribution in [-0.2, 0) is 22.9 Å². The third-order valence-corrected chi connectivity index (χ3v) is 2.22. The summed E-state index contributed by atoms with van der Waals surface area (Å²) in [6.07, 6.45) is 0.717. The number of likely N-dealkylation sites (N-methyl/N-ethyl adjacent to an activating group) is 1. The summed E-state index contributed by atoms with van der Waals surface area (Å²) >= 11 is 0. The van der Waals surface area contributed by atoms with Crippen molar-refractivity contribution >= 4 is 0 Å². The van der Waals surface area contributed by atoms with E-state index in [0.29, 0.717) is 26.2 Å². The van der Waals surface area contributed by atoms with Crippen LogP contribution in [0.1, 0.15) is 12.7 Å². The fourth-order valence-electron chi connectivity index (χ4n) is 1.47. The number of methoxy groups -OCH3 is 1. The normalized spacial score (nSPS) is 12.9. The summed E-state index contributed by atoms with van der Waals surface area (Å²) in [5, 5.41) is 15.3. The highest BCUT2D eigenvalue weighted by Crippen LogP contribution is 1.96. The number of nitrogens with zero attached hydrogens (tertiary/aromatic N) is 4. The van der Waals surface area contributed by atoms with Crippen LogP contribution in [0.2, 0.25) is 0 Å². The SMILES string of the molecule is CCNC(COCCOC)Cc1nnn(C)n1. The second-order valence-corrected chi connectivity index (χ2v) is 3.72. The first kappa shape index (κ1) is 14.0. The van der Waals surface area contributed by atoms with Gasteiger partial charge in [0.1, 0.15) is 0 Å². The molecule has 98 valence electrons. The minimum Gasteiger partial charge on any atom is -0.382 e. The molecule has 0 bridgehead atoms. The molecule has 0 saturated heterocycles. The third-order valence-electron chi connectivity index (χ3n) is 2.22. The van der Waals surface area contributed by atoms with E-state index in [4.69, 9.17) is 9.47 Å². The van der Waals surface area contributed by atoms with Gasteiger partial charge in [-0.3, -0.25) is 0 Å². The number of nitrogens with one attached hydrogen (secondary N) is 1. The van der Waals surface area contributed by atoms with Crippen LogP contribution in [0, 0.1) is 0 Å². The van der Waals surface area contributed by atoms with Gasteiger partial charge in [0.2, 0.25) is 0 Å². The predicted molar refractivity (Wildman–Crippen MR) is 62.7 cm³/mol. The van der Waals surface area contributed by atoms with Crippen LogP contribution >= 0.6 is 0 Å². The molecule has 0 aliphatic carbocycles. The van der Waals surface area contributed by atoms with Crippen LogP contribution in [0.5, 0.6) is 0 Å². The maximum atomic E-state index is 5.50. The summed E-state index contributed by atoms with van der Waals surface area (Å²) in [4.78, 5) is 1.46. The Balaban J connectivity index is 2.32. The van der Waals surface area contributed by atoms with Gasteiger partial charge in [-0.05, 0) is 11.8 Å². The lowest BCUT2D eigenvalue weighted by molar-refractivity contribution is 0.0587. The summed E-state index contributed by atoms with van der Waals surface area (Å²) in [7, 11) is 3.42. The van der Waals surface area contributed by atoms with Gasteiger partial charge in [0.15, 0.2) is 5.82 Å². The van der Waals surface area contributed by atoms with Crippen LogP contribution in [0.15, 0.2) is 0 Å². The molecule has 0 aliphatic rings. The zero-order valence-corrected chi connectivity index (χ0v) is 10.7. The lowest BCUT2D eigenvalue weighted by Crippen LogP contribution is -2.36. The number of hydrogen-bond donors (Lipinski definition) is 1. The molecule has 1 heterocycles. The van der Waals surface area contributed by atoms with E-state index in [1.165, 1.54) is 4.80 Å². The Morgan fingerprint density at radius 3 is 2.82 bits per heavy atom. The van der Waals surface area contributed by atoms with Gasteiger partial charge in [-0.2, -0.15) is 4.80 Å². The first-order valence-corrected chi connectivity index (χ1v) is 5.79. The Morgan fingerprint density at radius 1 is 1.41 bits per heavy atom. The van der Waals surface area contributed by atoms with Crippen LogP contribution in [0.3, 0.4) is 0 Å². The van der Waals surface area contributed by atoms with Crippen molar-refractivity contribution in [2.75, 3.05) is 33.5 Å². The molecule has 1 unspecified atom stereocenters. The van der Waals surface area contributed by atoms with Gasteiger partial charge in [-0.15, -0.1) is 10.2 Å². The van der Waals surface area contributed by atoms with E-state index in [2.05, 4.69) is 27.7 Å². The number of aromatic nitrogens is 4. The maximum Gasteiger partial charge on any atom is 0.176 e. The Hall–Kier alpha value is -1.05. The molecule has 7 nitrogen and oxygen atoms in total. The second kappa shape index (κ2) is 8.10. The molecular formula is C10H21N5O2. The first-order chi connectivity index (χ1) is 8.26. The highest BCUT2D eigenvalue weighted by Gasteiger charge is 2.12. The van der Waals surface area contributed by atoms with Gasteiger partial charge in [-0.25, -0.2) is 0 Å². The molecule has 0 amide bonds. The zero-order chi connectivity index (χ0) is 12.5. The van der Waals surface area contributed by atoms with E-state index in [1.54, 1.807) is 14.2 Å². The van der Waals surface area contributed by atoms with E-state index in [-0.39, 0.29) is 6.04 Å². The minimum absolute atomic E-state index is 0.209.